The van der Waals surface area contributed by atoms with Gasteiger partial charge in [-0.15, -0.1) is 6.58 Å². The molecule has 0 rings (SSSR count). The van der Waals surface area contributed by atoms with Crippen LogP contribution in [0.1, 0.15) is 6.42 Å². The van der Waals surface area contributed by atoms with Gasteiger partial charge in [-0.2, -0.15) is 0 Å². The molecule has 0 saturated carbocycles. The van der Waals surface area contributed by atoms with Crippen molar-refractivity contribution in [2.75, 3.05) is 6.54 Å². The molecular formula is C5H11N2+. The van der Waals surface area contributed by atoms with E-state index in [9.17, 15) is 0 Å². The Morgan fingerprint density at radius 3 is 2.86 bits per heavy atom. The first-order chi connectivity index (χ1) is 3.41. The van der Waals surface area contributed by atoms with Gasteiger partial charge in [0.2, 0.25) is 6.34 Å². The Labute approximate surface area is 43.7 Å². The summed E-state index contributed by atoms with van der Waals surface area (Å²) in [4.78, 5) is 2.83. The van der Waals surface area contributed by atoms with Gasteiger partial charge in [0, 0.05) is 6.42 Å². The highest BCUT2D eigenvalue weighted by atomic mass is 14.8. The summed E-state index contributed by atoms with van der Waals surface area (Å²) >= 11 is 0. The zero-order valence-electron chi connectivity index (χ0n) is 4.35. The van der Waals surface area contributed by atoms with Gasteiger partial charge in [0.1, 0.15) is 0 Å². The molecule has 0 heterocycles. The van der Waals surface area contributed by atoms with Crippen LogP contribution >= 0.6 is 0 Å². The number of rotatable bonds is 3. The van der Waals surface area contributed by atoms with E-state index in [1.165, 1.54) is 6.34 Å². The summed E-state index contributed by atoms with van der Waals surface area (Å²) in [7, 11) is 0. The van der Waals surface area contributed by atoms with E-state index in [4.69, 9.17) is 5.73 Å². The first-order valence-corrected chi connectivity index (χ1v) is 2.29. The van der Waals surface area contributed by atoms with Crippen LogP contribution in [-0.2, 0) is 0 Å². The van der Waals surface area contributed by atoms with Crippen LogP contribution in [0.2, 0.25) is 0 Å². The lowest BCUT2D eigenvalue weighted by atomic mass is 10.4. The summed E-state index contributed by atoms with van der Waals surface area (Å²) in [6.45, 7) is 4.43. The molecule has 0 aromatic heterocycles. The van der Waals surface area contributed by atoms with Crippen molar-refractivity contribution in [1.82, 2.24) is 0 Å². The summed E-state index contributed by atoms with van der Waals surface area (Å²) in [5, 5.41) is 0. The highest BCUT2D eigenvalue weighted by Crippen LogP contribution is 1.65. The zero-order valence-corrected chi connectivity index (χ0v) is 4.35. The molecule has 3 N–H and O–H groups in total. The minimum absolute atomic E-state index is 0.889. The first kappa shape index (κ1) is 6.21. The van der Waals surface area contributed by atoms with Crippen molar-refractivity contribution in [3.8, 4) is 0 Å². The summed E-state index contributed by atoms with van der Waals surface area (Å²) < 4.78 is 0. The van der Waals surface area contributed by atoms with Gasteiger partial charge >= 0.3 is 0 Å². The van der Waals surface area contributed by atoms with Crippen molar-refractivity contribution >= 4 is 6.34 Å². The fraction of sp³-hybridized carbons (Fsp3) is 0.400. The predicted octanol–water partition coefficient (Wildman–Crippen LogP) is -1.37. The molecule has 0 saturated heterocycles. The second-order valence-electron chi connectivity index (χ2n) is 1.20. The van der Waals surface area contributed by atoms with Crippen LogP contribution in [0.15, 0.2) is 12.7 Å². The van der Waals surface area contributed by atoms with Crippen LogP contribution in [0, 0.1) is 0 Å². The lowest BCUT2D eigenvalue weighted by Gasteiger charge is -1.77. The first-order valence-electron chi connectivity index (χ1n) is 2.29. The standard InChI is InChI=1S/C5H10N2/c1-2-3-4-7-5-6/h2,5H,1,3-4H2,(H2,6,7)/p+1. The van der Waals surface area contributed by atoms with Crippen LogP contribution in [0.3, 0.4) is 0 Å². The van der Waals surface area contributed by atoms with Crippen LogP contribution in [0.5, 0.6) is 0 Å². The van der Waals surface area contributed by atoms with Crippen molar-refractivity contribution in [3.05, 3.63) is 12.7 Å². The Bertz CT molecular complexity index is 66.5. The Kier molecular flexibility index (Phi) is 4.62. The Morgan fingerprint density at radius 2 is 2.43 bits per heavy atom. The third-order valence-electron chi connectivity index (χ3n) is 0.611. The molecule has 40 valence electrons. The van der Waals surface area contributed by atoms with Crippen molar-refractivity contribution in [3.63, 3.8) is 0 Å². The van der Waals surface area contributed by atoms with E-state index >= 15 is 0 Å². The molecule has 2 heteroatoms. The molecule has 0 aromatic rings. The van der Waals surface area contributed by atoms with E-state index in [0.717, 1.165) is 13.0 Å². The van der Waals surface area contributed by atoms with E-state index in [-0.39, 0.29) is 0 Å². The average molecular weight is 99.2 g/mol. The summed E-state index contributed by atoms with van der Waals surface area (Å²) in [6, 6.07) is 0. The maximum Gasteiger partial charge on any atom is 0.227 e. The molecule has 0 fully saturated rings. The summed E-state index contributed by atoms with van der Waals surface area (Å²) in [5.41, 5.74) is 5.00. The average Bonchev–Trinajstić information content (AvgIpc) is 1.69. The van der Waals surface area contributed by atoms with Gasteiger partial charge in [-0.1, -0.05) is 6.08 Å². The van der Waals surface area contributed by atoms with E-state index in [2.05, 4.69) is 11.6 Å². The Hall–Kier alpha value is -0.790. The van der Waals surface area contributed by atoms with Crippen molar-refractivity contribution < 1.29 is 4.99 Å². The van der Waals surface area contributed by atoms with Crippen molar-refractivity contribution in [2.45, 2.75) is 6.42 Å². The topological polar surface area (TPSA) is 40.0 Å². The van der Waals surface area contributed by atoms with E-state index < -0.39 is 0 Å². The molecule has 0 atom stereocenters. The summed E-state index contributed by atoms with van der Waals surface area (Å²) in [5.74, 6) is 0. The van der Waals surface area contributed by atoms with Crippen LogP contribution in [-0.4, -0.2) is 12.9 Å². The number of nitrogens with one attached hydrogen (secondary N) is 1. The van der Waals surface area contributed by atoms with Gasteiger partial charge in [0.25, 0.3) is 0 Å². The van der Waals surface area contributed by atoms with Gasteiger partial charge in [0.15, 0.2) is 0 Å². The molecule has 0 aromatic carbocycles. The molecule has 0 radical (unpaired) electrons. The minimum Gasteiger partial charge on any atom is -0.294 e. The fourth-order valence-corrected chi connectivity index (χ4v) is 0.269. The molecular weight excluding hydrogens is 88.1 g/mol. The smallest absolute Gasteiger partial charge is 0.227 e. The van der Waals surface area contributed by atoms with E-state index in [1.807, 2.05) is 6.08 Å². The number of hydrogen-bond acceptors (Lipinski definition) is 0. The molecule has 0 aliphatic heterocycles. The normalized spacial score (nSPS) is 9.71. The lowest BCUT2D eigenvalue weighted by molar-refractivity contribution is -0.451. The van der Waals surface area contributed by atoms with E-state index in [0.29, 0.717) is 0 Å². The quantitative estimate of drug-likeness (QED) is 0.195. The largest absolute Gasteiger partial charge is 0.294 e. The maximum atomic E-state index is 5.00. The predicted molar refractivity (Wildman–Crippen MR) is 30.9 cm³/mol. The van der Waals surface area contributed by atoms with Crippen LogP contribution in [0.4, 0.5) is 0 Å². The van der Waals surface area contributed by atoms with Crippen molar-refractivity contribution in [2.24, 2.45) is 5.73 Å². The fourth-order valence-electron chi connectivity index (χ4n) is 0.269. The molecule has 0 unspecified atom stereocenters. The number of nitrogens with two attached hydrogens (primary N) is 1. The van der Waals surface area contributed by atoms with Gasteiger partial charge in [-0.3, -0.25) is 10.7 Å². The summed E-state index contributed by atoms with van der Waals surface area (Å²) in [6.07, 6.45) is 4.24. The molecule has 0 spiro atoms. The van der Waals surface area contributed by atoms with Gasteiger partial charge in [-0.05, 0) is 0 Å². The molecule has 0 aliphatic carbocycles. The van der Waals surface area contributed by atoms with Gasteiger partial charge in [-0.25, -0.2) is 0 Å². The van der Waals surface area contributed by atoms with Gasteiger partial charge in [0.05, 0.1) is 6.54 Å². The zero-order chi connectivity index (χ0) is 5.54. The van der Waals surface area contributed by atoms with Crippen LogP contribution in [0.25, 0.3) is 0 Å². The SMILES string of the molecule is C=CCC[NH+]=CN. The van der Waals surface area contributed by atoms with E-state index in [1.54, 1.807) is 0 Å². The third-order valence-corrected chi connectivity index (χ3v) is 0.611. The second-order valence-corrected chi connectivity index (χ2v) is 1.20. The minimum atomic E-state index is 0.889. The number of hydrogen-bond donors (Lipinski definition) is 2. The lowest BCUT2D eigenvalue weighted by Crippen LogP contribution is -2.70. The Balaban J connectivity index is 2.82. The van der Waals surface area contributed by atoms with Crippen molar-refractivity contribution in [1.29, 1.82) is 0 Å². The molecule has 0 amide bonds. The van der Waals surface area contributed by atoms with Gasteiger partial charge < -0.3 is 0 Å². The molecule has 0 aliphatic rings. The third kappa shape index (κ3) is 5.21. The Morgan fingerprint density at radius 1 is 1.71 bits per heavy atom. The second kappa shape index (κ2) is 5.21. The van der Waals surface area contributed by atoms with Crippen LogP contribution < -0.4 is 10.7 Å². The maximum absolute atomic E-state index is 5.00. The highest BCUT2D eigenvalue weighted by molar-refractivity contribution is 5.42. The monoisotopic (exact) mass is 99.1 g/mol. The highest BCUT2D eigenvalue weighted by Gasteiger charge is 1.71. The molecule has 2 nitrogen and oxygen atoms in total. The molecule has 7 heavy (non-hydrogen) atoms. The molecule has 0 bridgehead atoms.